The maximum Gasteiger partial charge on any atom is 0.0596 e. The van der Waals surface area contributed by atoms with Crippen LogP contribution in [0.15, 0.2) is 6.07 Å². The van der Waals surface area contributed by atoms with Crippen molar-refractivity contribution in [3.8, 4) is 0 Å². The van der Waals surface area contributed by atoms with E-state index in [1.54, 1.807) is 0 Å². The van der Waals surface area contributed by atoms with Crippen LogP contribution in [0.25, 0.3) is 0 Å². The minimum Gasteiger partial charge on any atom is -0.317 e. The number of rotatable bonds is 6. The van der Waals surface area contributed by atoms with Crippen molar-refractivity contribution in [2.75, 3.05) is 7.05 Å². The molecule has 1 aromatic rings. The van der Waals surface area contributed by atoms with Crippen LogP contribution in [-0.2, 0) is 13.5 Å². The first-order valence-electron chi connectivity index (χ1n) is 6.37. The Balaban J connectivity index is 1.76. The molecule has 1 unspecified atom stereocenters. The van der Waals surface area contributed by atoms with Gasteiger partial charge in [-0.2, -0.15) is 5.10 Å². The lowest BCUT2D eigenvalue weighted by atomic mass is 10.0. The van der Waals surface area contributed by atoms with E-state index < -0.39 is 0 Å². The minimum absolute atomic E-state index is 0.745. The van der Waals surface area contributed by atoms with Crippen molar-refractivity contribution in [2.24, 2.45) is 13.0 Å². The van der Waals surface area contributed by atoms with E-state index in [0.717, 1.165) is 24.1 Å². The highest BCUT2D eigenvalue weighted by molar-refractivity contribution is 5.08. The van der Waals surface area contributed by atoms with E-state index >= 15 is 0 Å². The molecule has 0 saturated heterocycles. The van der Waals surface area contributed by atoms with Crippen molar-refractivity contribution >= 4 is 0 Å². The van der Waals surface area contributed by atoms with E-state index in [1.807, 2.05) is 11.7 Å². The lowest BCUT2D eigenvalue weighted by Gasteiger charge is -2.14. The van der Waals surface area contributed by atoms with Crippen LogP contribution in [0.5, 0.6) is 0 Å². The Morgan fingerprint density at radius 1 is 1.56 bits per heavy atom. The van der Waals surface area contributed by atoms with Gasteiger partial charge in [-0.3, -0.25) is 4.68 Å². The van der Waals surface area contributed by atoms with Crippen LogP contribution in [-0.4, -0.2) is 22.9 Å². The van der Waals surface area contributed by atoms with Gasteiger partial charge in [0, 0.05) is 18.8 Å². The van der Waals surface area contributed by atoms with E-state index in [0.29, 0.717) is 0 Å². The fourth-order valence-corrected chi connectivity index (χ4v) is 2.52. The minimum atomic E-state index is 0.745. The van der Waals surface area contributed by atoms with E-state index in [4.69, 9.17) is 0 Å². The molecule has 1 aliphatic rings. The second-order valence-corrected chi connectivity index (χ2v) is 5.03. The molecule has 0 bridgehead atoms. The largest absolute Gasteiger partial charge is 0.317 e. The van der Waals surface area contributed by atoms with Crippen LogP contribution < -0.4 is 5.32 Å². The van der Waals surface area contributed by atoms with Crippen LogP contribution in [0.1, 0.15) is 37.1 Å². The van der Waals surface area contributed by atoms with Gasteiger partial charge in [0.15, 0.2) is 0 Å². The summed E-state index contributed by atoms with van der Waals surface area (Å²) in [5.74, 6) is 0.957. The summed E-state index contributed by atoms with van der Waals surface area (Å²) in [7, 11) is 4.13. The molecule has 1 N–H and O–H groups in total. The number of nitrogens with one attached hydrogen (secondary N) is 1. The molecule has 90 valence electrons. The lowest BCUT2D eigenvalue weighted by molar-refractivity contribution is 0.453. The molecule has 1 aromatic heterocycles. The van der Waals surface area contributed by atoms with Crippen LogP contribution in [0.4, 0.5) is 0 Å². The first-order chi connectivity index (χ1) is 7.70. The predicted molar refractivity (Wildman–Crippen MR) is 66.5 cm³/mol. The molecule has 1 heterocycles. The summed E-state index contributed by atoms with van der Waals surface area (Å²) >= 11 is 0. The molecule has 0 radical (unpaired) electrons. The zero-order valence-corrected chi connectivity index (χ0v) is 10.7. The topological polar surface area (TPSA) is 29.9 Å². The zero-order valence-electron chi connectivity index (χ0n) is 10.7. The molecular formula is C13H23N3. The fourth-order valence-electron chi connectivity index (χ4n) is 2.52. The molecule has 1 aliphatic carbocycles. The number of hydrogen-bond acceptors (Lipinski definition) is 2. The number of hydrogen-bond donors (Lipinski definition) is 1. The Hall–Kier alpha value is -0.830. The highest BCUT2D eigenvalue weighted by Gasteiger charge is 2.29. The van der Waals surface area contributed by atoms with Gasteiger partial charge in [-0.15, -0.1) is 0 Å². The second-order valence-electron chi connectivity index (χ2n) is 5.03. The summed E-state index contributed by atoms with van der Waals surface area (Å²) in [5, 5.41) is 7.83. The molecule has 3 heteroatoms. The van der Waals surface area contributed by atoms with Gasteiger partial charge in [-0.05, 0) is 58.1 Å². The average Bonchev–Trinajstić information content (AvgIpc) is 3.01. The summed E-state index contributed by atoms with van der Waals surface area (Å²) in [4.78, 5) is 0. The monoisotopic (exact) mass is 221 g/mol. The molecule has 0 aliphatic heterocycles. The van der Waals surface area contributed by atoms with Gasteiger partial charge in [-0.25, -0.2) is 0 Å². The highest BCUT2D eigenvalue weighted by atomic mass is 15.3. The molecule has 0 spiro atoms. The second kappa shape index (κ2) is 5.00. The highest BCUT2D eigenvalue weighted by Crippen LogP contribution is 2.34. The van der Waals surface area contributed by atoms with Crippen LogP contribution >= 0.6 is 0 Å². The molecular weight excluding hydrogens is 198 g/mol. The van der Waals surface area contributed by atoms with Gasteiger partial charge in [-0.1, -0.05) is 0 Å². The molecule has 0 aromatic carbocycles. The predicted octanol–water partition coefficient (Wildman–Crippen LogP) is 2.05. The first-order valence-corrected chi connectivity index (χ1v) is 6.37. The van der Waals surface area contributed by atoms with Gasteiger partial charge in [0.1, 0.15) is 0 Å². The quantitative estimate of drug-likeness (QED) is 0.797. The average molecular weight is 221 g/mol. The smallest absolute Gasteiger partial charge is 0.0596 e. The first kappa shape index (κ1) is 11.6. The molecule has 2 rings (SSSR count). The van der Waals surface area contributed by atoms with E-state index in [1.165, 1.54) is 31.4 Å². The number of nitrogens with zero attached hydrogens (tertiary/aromatic N) is 2. The maximum atomic E-state index is 4.38. The van der Waals surface area contributed by atoms with E-state index in [9.17, 15) is 0 Å². The number of aromatic nitrogens is 2. The van der Waals surface area contributed by atoms with Crippen LogP contribution in [0.2, 0.25) is 0 Å². The van der Waals surface area contributed by atoms with E-state index in [-0.39, 0.29) is 0 Å². The molecule has 1 saturated carbocycles. The Morgan fingerprint density at radius 2 is 2.31 bits per heavy atom. The summed E-state index contributed by atoms with van der Waals surface area (Å²) in [6.07, 6.45) is 6.57. The van der Waals surface area contributed by atoms with Crippen molar-refractivity contribution in [2.45, 2.75) is 45.1 Å². The zero-order chi connectivity index (χ0) is 11.5. The van der Waals surface area contributed by atoms with Crippen molar-refractivity contribution in [3.05, 3.63) is 17.5 Å². The SMILES string of the molecule is CNC(CCCc1cc(C)nn1C)C1CC1. The maximum absolute atomic E-state index is 4.38. The summed E-state index contributed by atoms with van der Waals surface area (Å²) in [6.45, 7) is 2.06. The van der Waals surface area contributed by atoms with Gasteiger partial charge in [0.25, 0.3) is 0 Å². The van der Waals surface area contributed by atoms with Gasteiger partial charge in [0.2, 0.25) is 0 Å². The normalized spacial score (nSPS) is 17.7. The standard InChI is InChI=1S/C13H23N3/c1-10-9-12(16(3)15-10)5-4-6-13(14-2)11-7-8-11/h9,11,13-14H,4-8H2,1-3H3. The molecule has 16 heavy (non-hydrogen) atoms. The molecule has 1 atom stereocenters. The van der Waals surface area contributed by atoms with Gasteiger partial charge in [0.05, 0.1) is 5.69 Å². The Kier molecular flexibility index (Phi) is 3.64. The Morgan fingerprint density at radius 3 is 2.81 bits per heavy atom. The molecule has 0 amide bonds. The van der Waals surface area contributed by atoms with Gasteiger partial charge < -0.3 is 5.32 Å². The Labute approximate surface area is 98.2 Å². The van der Waals surface area contributed by atoms with Crippen molar-refractivity contribution in [1.82, 2.24) is 15.1 Å². The van der Waals surface area contributed by atoms with Crippen molar-refractivity contribution < 1.29 is 0 Å². The van der Waals surface area contributed by atoms with Crippen molar-refractivity contribution in [1.29, 1.82) is 0 Å². The molecule has 3 nitrogen and oxygen atoms in total. The third-order valence-electron chi connectivity index (χ3n) is 3.61. The summed E-state index contributed by atoms with van der Waals surface area (Å²) < 4.78 is 2.01. The fraction of sp³-hybridized carbons (Fsp3) is 0.769. The summed E-state index contributed by atoms with van der Waals surface area (Å²) in [6, 6.07) is 2.94. The van der Waals surface area contributed by atoms with Crippen LogP contribution in [0.3, 0.4) is 0 Å². The molecule has 1 fully saturated rings. The van der Waals surface area contributed by atoms with Crippen molar-refractivity contribution in [3.63, 3.8) is 0 Å². The lowest BCUT2D eigenvalue weighted by Crippen LogP contribution is -2.27. The van der Waals surface area contributed by atoms with Crippen LogP contribution in [0, 0.1) is 12.8 Å². The van der Waals surface area contributed by atoms with Gasteiger partial charge >= 0.3 is 0 Å². The van der Waals surface area contributed by atoms with E-state index in [2.05, 4.69) is 30.5 Å². The third kappa shape index (κ3) is 2.85. The number of aryl methyl sites for hydroxylation is 3. The Bertz CT molecular complexity index is 339. The summed E-state index contributed by atoms with van der Waals surface area (Å²) in [5.41, 5.74) is 2.49. The third-order valence-corrected chi connectivity index (χ3v) is 3.61.